The predicted octanol–water partition coefficient (Wildman–Crippen LogP) is 2.91. The zero-order valence-corrected chi connectivity index (χ0v) is 10.2. The Kier molecular flexibility index (Phi) is 6.61. The zero-order valence-electron chi connectivity index (χ0n) is 10.2. The first-order chi connectivity index (χ1) is 7.86. The fourth-order valence-electron chi connectivity index (χ4n) is 1.40. The first kappa shape index (κ1) is 13.0. The van der Waals surface area contributed by atoms with Crippen LogP contribution in [0.1, 0.15) is 31.7 Å². The van der Waals surface area contributed by atoms with Crippen molar-refractivity contribution in [1.82, 2.24) is 5.48 Å². The molecule has 90 valence electrons. The molecule has 0 heterocycles. The van der Waals surface area contributed by atoms with Crippen LogP contribution in [0.2, 0.25) is 0 Å². The monoisotopic (exact) mass is 223 g/mol. The minimum atomic E-state index is 0.715. The highest BCUT2D eigenvalue weighted by molar-refractivity contribution is 5.27. The van der Waals surface area contributed by atoms with E-state index in [0.29, 0.717) is 6.54 Å². The minimum Gasteiger partial charge on any atom is -0.494 e. The zero-order chi connectivity index (χ0) is 11.6. The lowest BCUT2D eigenvalue weighted by Crippen LogP contribution is -2.10. The fourth-order valence-corrected chi connectivity index (χ4v) is 1.40. The summed E-state index contributed by atoms with van der Waals surface area (Å²) in [4.78, 5) is 4.79. The third-order valence-electron chi connectivity index (χ3n) is 2.36. The lowest BCUT2D eigenvalue weighted by atomic mass is 10.2. The van der Waals surface area contributed by atoms with Crippen LogP contribution in [-0.4, -0.2) is 13.7 Å². The summed E-state index contributed by atoms with van der Waals surface area (Å²) in [5.74, 6) is 0.942. The molecule has 0 spiro atoms. The number of ether oxygens (including phenoxy) is 1. The van der Waals surface area contributed by atoms with Crippen LogP contribution in [0.3, 0.4) is 0 Å². The SMILES string of the molecule is CCCCCOc1ccc(CNOC)cc1. The van der Waals surface area contributed by atoms with Gasteiger partial charge in [0.1, 0.15) is 5.75 Å². The van der Waals surface area contributed by atoms with E-state index < -0.39 is 0 Å². The second-order valence-corrected chi connectivity index (χ2v) is 3.72. The highest BCUT2D eigenvalue weighted by atomic mass is 16.6. The number of unbranched alkanes of at least 4 members (excludes halogenated alkanes) is 2. The van der Waals surface area contributed by atoms with Crippen molar-refractivity contribution in [2.45, 2.75) is 32.7 Å². The fraction of sp³-hybridized carbons (Fsp3) is 0.538. The summed E-state index contributed by atoms with van der Waals surface area (Å²) < 4.78 is 5.62. The van der Waals surface area contributed by atoms with Crippen molar-refractivity contribution < 1.29 is 9.57 Å². The highest BCUT2D eigenvalue weighted by Crippen LogP contribution is 2.12. The number of hydrogen-bond acceptors (Lipinski definition) is 3. The predicted molar refractivity (Wildman–Crippen MR) is 65.3 cm³/mol. The van der Waals surface area contributed by atoms with E-state index in [1.807, 2.05) is 24.3 Å². The van der Waals surface area contributed by atoms with Crippen molar-refractivity contribution in [1.29, 1.82) is 0 Å². The maximum absolute atomic E-state index is 5.62. The Morgan fingerprint density at radius 3 is 2.50 bits per heavy atom. The summed E-state index contributed by atoms with van der Waals surface area (Å²) in [6.45, 7) is 3.72. The molecule has 0 aliphatic rings. The molecule has 0 aliphatic carbocycles. The van der Waals surface area contributed by atoms with Gasteiger partial charge in [-0.05, 0) is 24.1 Å². The van der Waals surface area contributed by atoms with E-state index in [1.165, 1.54) is 18.4 Å². The molecule has 0 saturated carbocycles. The van der Waals surface area contributed by atoms with Crippen LogP contribution in [0.25, 0.3) is 0 Å². The minimum absolute atomic E-state index is 0.715. The molecular weight excluding hydrogens is 202 g/mol. The molecule has 1 aromatic carbocycles. The lowest BCUT2D eigenvalue weighted by molar-refractivity contribution is 0.0867. The van der Waals surface area contributed by atoms with Crippen molar-refractivity contribution in [3.63, 3.8) is 0 Å². The van der Waals surface area contributed by atoms with Gasteiger partial charge in [0.2, 0.25) is 0 Å². The summed E-state index contributed by atoms with van der Waals surface area (Å²) in [6.07, 6.45) is 3.59. The molecule has 0 aliphatic heterocycles. The number of nitrogens with one attached hydrogen (secondary N) is 1. The van der Waals surface area contributed by atoms with Crippen LogP contribution in [-0.2, 0) is 11.4 Å². The number of benzene rings is 1. The number of hydroxylamine groups is 1. The molecule has 1 aromatic rings. The Bertz CT molecular complexity index is 272. The van der Waals surface area contributed by atoms with Crippen LogP contribution in [0.4, 0.5) is 0 Å². The second kappa shape index (κ2) is 8.13. The average Bonchev–Trinajstić information content (AvgIpc) is 2.33. The van der Waals surface area contributed by atoms with Crippen LogP contribution >= 0.6 is 0 Å². The quantitative estimate of drug-likeness (QED) is 0.543. The van der Waals surface area contributed by atoms with Crippen LogP contribution < -0.4 is 10.2 Å². The molecule has 16 heavy (non-hydrogen) atoms. The van der Waals surface area contributed by atoms with E-state index >= 15 is 0 Å². The second-order valence-electron chi connectivity index (χ2n) is 3.72. The molecule has 0 atom stereocenters. The van der Waals surface area contributed by atoms with Crippen molar-refractivity contribution in [2.24, 2.45) is 0 Å². The first-order valence-electron chi connectivity index (χ1n) is 5.84. The lowest BCUT2D eigenvalue weighted by Gasteiger charge is -2.07. The summed E-state index contributed by atoms with van der Waals surface area (Å²) >= 11 is 0. The van der Waals surface area contributed by atoms with Gasteiger partial charge in [-0.15, -0.1) is 0 Å². The standard InChI is InChI=1S/C13H21NO2/c1-3-4-5-10-16-13-8-6-12(7-9-13)11-14-15-2/h6-9,14H,3-5,10-11H2,1-2H3. The van der Waals surface area contributed by atoms with Gasteiger partial charge in [0.25, 0.3) is 0 Å². The molecule has 0 bridgehead atoms. The Morgan fingerprint density at radius 1 is 1.12 bits per heavy atom. The normalized spacial score (nSPS) is 10.4. The van der Waals surface area contributed by atoms with E-state index in [4.69, 9.17) is 9.57 Å². The molecule has 3 nitrogen and oxygen atoms in total. The Hall–Kier alpha value is -1.06. The molecular formula is C13H21NO2. The van der Waals surface area contributed by atoms with Crippen molar-refractivity contribution >= 4 is 0 Å². The van der Waals surface area contributed by atoms with E-state index in [2.05, 4.69) is 12.4 Å². The summed E-state index contributed by atoms with van der Waals surface area (Å²) in [7, 11) is 1.62. The molecule has 0 aromatic heterocycles. The highest BCUT2D eigenvalue weighted by Gasteiger charge is 1.95. The molecule has 0 radical (unpaired) electrons. The molecule has 0 fully saturated rings. The van der Waals surface area contributed by atoms with Crippen molar-refractivity contribution in [3.05, 3.63) is 29.8 Å². The summed E-state index contributed by atoms with van der Waals surface area (Å²) in [5.41, 5.74) is 3.99. The van der Waals surface area contributed by atoms with Gasteiger partial charge in [-0.3, -0.25) is 0 Å². The van der Waals surface area contributed by atoms with Crippen LogP contribution in [0, 0.1) is 0 Å². The van der Waals surface area contributed by atoms with Gasteiger partial charge in [0.15, 0.2) is 0 Å². The van der Waals surface area contributed by atoms with Crippen LogP contribution in [0.5, 0.6) is 5.75 Å². The Morgan fingerprint density at radius 2 is 1.88 bits per heavy atom. The van der Waals surface area contributed by atoms with E-state index in [-0.39, 0.29) is 0 Å². The van der Waals surface area contributed by atoms with E-state index in [0.717, 1.165) is 18.8 Å². The van der Waals surface area contributed by atoms with Gasteiger partial charge < -0.3 is 9.57 Å². The van der Waals surface area contributed by atoms with E-state index in [1.54, 1.807) is 7.11 Å². The number of hydrogen-bond donors (Lipinski definition) is 1. The first-order valence-corrected chi connectivity index (χ1v) is 5.84. The van der Waals surface area contributed by atoms with Crippen molar-refractivity contribution in [2.75, 3.05) is 13.7 Å². The van der Waals surface area contributed by atoms with E-state index in [9.17, 15) is 0 Å². The van der Waals surface area contributed by atoms with Gasteiger partial charge in [-0.25, -0.2) is 0 Å². The van der Waals surface area contributed by atoms with Crippen LogP contribution in [0.15, 0.2) is 24.3 Å². The largest absolute Gasteiger partial charge is 0.494 e. The third-order valence-corrected chi connectivity index (χ3v) is 2.36. The van der Waals surface area contributed by atoms with Gasteiger partial charge in [-0.1, -0.05) is 31.9 Å². The van der Waals surface area contributed by atoms with Gasteiger partial charge in [-0.2, -0.15) is 5.48 Å². The molecule has 3 heteroatoms. The topological polar surface area (TPSA) is 30.5 Å². The van der Waals surface area contributed by atoms with Gasteiger partial charge in [0, 0.05) is 6.54 Å². The average molecular weight is 223 g/mol. The maximum atomic E-state index is 5.62. The Balaban J connectivity index is 2.27. The molecule has 0 saturated heterocycles. The third kappa shape index (κ3) is 5.14. The molecule has 0 unspecified atom stereocenters. The smallest absolute Gasteiger partial charge is 0.119 e. The van der Waals surface area contributed by atoms with Gasteiger partial charge in [0.05, 0.1) is 13.7 Å². The number of rotatable bonds is 8. The molecule has 1 rings (SSSR count). The van der Waals surface area contributed by atoms with Crippen molar-refractivity contribution in [3.8, 4) is 5.75 Å². The Labute approximate surface area is 97.7 Å². The van der Waals surface area contributed by atoms with Gasteiger partial charge >= 0.3 is 0 Å². The maximum Gasteiger partial charge on any atom is 0.119 e. The molecule has 0 amide bonds. The summed E-state index contributed by atoms with van der Waals surface area (Å²) in [6, 6.07) is 8.08. The molecule has 1 N–H and O–H groups in total. The summed E-state index contributed by atoms with van der Waals surface area (Å²) in [5, 5.41) is 0.